The van der Waals surface area contributed by atoms with E-state index >= 15 is 0 Å². The van der Waals surface area contributed by atoms with Crippen molar-refractivity contribution < 1.29 is 22.9 Å². The maximum Gasteiger partial charge on any atom is 0.471 e. The Morgan fingerprint density at radius 1 is 1.00 bits per heavy atom. The summed E-state index contributed by atoms with van der Waals surface area (Å²) in [5.74, 6) is -1.74. The Kier molecular flexibility index (Phi) is 4.81. The molecule has 1 spiro atoms. The maximum absolute atomic E-state index is 12.5. The number of alkyl halides is 3. The zero-order valence-electron chi connectivity index (χ0n) is 14.2. The average molecular weight is 371 g/mol. The molecule has 3 rings (SSSR count). The first kappa shape index (κ1) is 18.5. The lowest BCUT2D eigenvalue weighted by molar-refractivity contribution is -0.384. The highest BCUT2D eigenvalue weighted by Gasteiger charge is 2.46. The van der Waals surface area contributed by atoms with Crippen molar-refractivity contribution in [3.63, 3.8) is 0 Å². The Morgan fingerprint density at radius 2 is 1.50 bits per heavy atom. The molecular formula is C17H20F3N3O3. The highest BCUT2D eigenvalue weighted by Crippen LogP contribution is 2.42. The van der Waals surface area contributed by atoms with Crippen molar-refractivity contribution in [3.05, 3.63) is 34.4 Å². The Bertz CT molecular complexity index is 673. The van der Waals surface area contributed by atoms with Gasteiger partial charge >= 0.3 is 12.1 Å². The number of amides is 1. The number of carbonyl (C=O) groups excluding carboxylic acids is 1. The number of nitro groups is 1. The normalized spacial score (nSPS) is 20.3. The van der Waals surface area contributed by atoms with E-state index in [4.69, 9.17) is 0 Å². The van der Waals surface area contributed by atoms with Crippen molar-refractivity contribution in [1.29, 1.82) is 0 Å². The number of hydrogen-bond acceptors (Lipinski definition) is 4. The monoisotopic (exact) mass is 371 g/mol. The van der Waals surface area contributed by atoms with Crippen molar-refractivity contribution >= 4 is 17.3 Å². The first-order valence-electron chi connectivity index (χ1n) is 8.56. The molecule has 2 aliphatic heterocycles. The molecule has 0 N–H and O–H groups in total. The van der Waals surface area contributed by atoms with Gasteiger partial charge in [-0.05, 0) is 43.2 Å². The molecule has 2 saturated heterocycles. The zero-order valence-corrected chi connectivity index (χ0v) is 14.2. The van der Waals surface area contributed by atoms with E-state index < -0.39 is 17.0 Å². The zero-order chi connectivity index (χ0) is 18.9. The standard InChI is InChI=1S/C17H20F3N3O3/c18-17(19,20)15(24)22-11-7-16(8-12-22)5-9-21(10-6-16)13-1-3-14(4-2-13)23(25)26/h1-4H,5-12H2. The molecule has 6 nitrogen and oxygen atoms in total. The Morgan fingerprint density at radius 3 is 1.96 bits per heavy atom. The number of nitrogens with zero attached hydrogens (tertiary/aromatic N) is 3. The predicted molar refractivity (Wildman–Crippen MR) is 88.8 cm³/mol. The lowest BCUT2D eigenvalue weighted by Crippen LogP contribution is -2.51. The molecule has 0 aliphatic carbocycles. The van der Waals surface area contributed by atoms with Gasteiger partial charge in [-0.15, -0.1) is 0 Å². The molecule has 2 heterocycles. The molecule has 0 unspecified atom stereocenters. The van der Waals surface area contributed by atoms with Crippen LogP contribution < -0.4 is 4.90 Å². The van der Waals surface area contributed by atoms with Gasteiger partial charge in [-0.1, -0.05) is 0 Å². The van der Waals surface area contributed by atoms with Crippen LogP contribution in [-0.2, 0) is 4.79 Å². The van der Waals surface area contributed by atoms with E-state index in [1.54, 1.807) is 12.1 Å². The van der Waals surface area contributed by atoms with E-state index in [0.29, 0.717) is 12.8 Å². The molecule has 0 radical (unpaired) electrons. The number of rotatable bonds is 2. The van der Waals surface area contributed by atoms with Gasteiger partial charge in [0.2, 0.25) is 0 Å². The van der Waals surface area contributed by atoms with Gasteiger partial charge in [-0.25, -0.2) is 0 Å². The van der Waals surface area contributed by atoms with Crippen molar-refractivity contribution in [3.8, 4) is 0 Å². The van der Waals surface area contributed by atoms with E-state index in [-0.39, 0.29) is 24.2 Å². The molecule has 0 aromatic heterocycles. The lowest BCUT2D eigenvalue weighted by atomic mass is 9.71. The molecule has 1 aromatic carbocycles. The van der Waals surface area contributed by atoms with Crippen LogP contribution in [0.15, 0.2) is 24.3 Å². The molecule has 26 heavy (non-hydrogen) atoms. The third-order valence-electron chi connectivity index (χ3n) is 5.60. The number of piperidine rings is 2. The minimum absolute atomic E-state index is 0.0142. The summed E-state index contributed by atoms with van der Waals surface area (Å²) < 4.78 is 37.6. The van der Waals surface area contributed by atoms with Crippen LogP contribution in [0.3, 0.4) is 0 Å². The van der Waals surface area contributed by atoms with Crippen LogP contribution in [0.4, 0.5) is 24.5 Å². The summed E-state index contributed by atoms with van der Waals surface area (Å²) in [5.41, 5.74) is 0.943. The van der Waals surface area contributed by atoms with E-state index in [1.807, 2.05) is 0 Å². The number of non-ortho nitro benzene ring substituents is 1. The molecule has 1 aromatic rings. The fourth-order valence-corrected chi connectivity index (χ4v) is 3.89. The molecule has 0 saturated carbocycles. The fraction of sp³-hybridized carbons (Fsp3) is 0.588. The molecule has 142 valence electrons. The molecule has 1 amide bonds. The van der Waals surface area contributed by atoms with Crippen LogP contribution in [0.1, 0.15) is 25.7 Å². The summed E-state index contributed by atoms with van der Waals surface area (Å²) in [6.07, 6.45) is -1.94. The minimum atomic E-state index is -4.80. The number of anilines is 1. The predicted octanol–water partition coefficient (Wildman–Crippen LogP) is 3.37. The summed E-state index contributed by atoms with van der Waals surface area (Å²) in [6.45, 7) is 1.81. The summed E-state index contributed by atoms with van der Waals surface area (Å²) in [6, 6.07) is 6.39. The third kappa shape index (κ3) is 3.76. The van der Waals surface area contributed by atoms with Gasteiger partial charge in [0.05, 0.1) is 4.92 Å². The van der Waals surface area contributed by atoms with Crippen LogP contribution in [-0.4, -0.2) is 48.1 Å². The summed E-state index contributed by atoms with van der Waals surface area (Å²) in [7, 11) is 0. The Labute approximate surface area is 148 Å². The second-order valence-electron chi connectivity index (χ2n) is 7.05. The van der Waals surface area contributed by atoms with Crippen LogP contribution in [0, 0.1) is 15.5 Å². The van der Waals surface area contributed by atoms with Gasteiger partial charge in [-0.2, -0.15) is 13.2 Å². The van der Waals surface area contributed by atoms with Crippen LogP contribution in [0.25, 0.3) is 0 Å². The molecule has 2 aliphatic rings. The van der Waals surface area contributed by atoms with Gasteiger partial charge in [-0.3, -0.25) is 14.9 Å². The summed E-state index contributed by atoms with van der Waals surface area (Å²) >= 11 is 0. The van der Waals surface area contributed by atoms with E-state index in [1.165, 1.54) is 12.1 Å². The van der Waals surface area contributed by atoms with Crippen LogP contribution in [0.2, 0.25) is 0 Å². The summed E-state index contributed by atoms with van der Waals surface area (Å²) in [4.78, 5) is 24.7. The Hall–Kier alpha value is -2.32. The van der Waals surface area contributed by atoms with Crippen molar-refractivity contribution in [2.45, 2.75) is 31.9 Å². The van der Waals surface area contributed by atoms with E-state index in [9.17, 15) is 28.1 Å². The average Bonchev–Trinajstić information content (AvgIpc) is 2.62. The molecule has 2 fully saturated rings. The first-order chi connectivity index (χ1) is 12.2. The largest absolute Gasteiger partial charge is 0.471 e. The summed E-state index contributed by atoms with van der Waals surface area (Å²) in [5, 5.41) is 10.7. The van der Waals surface area contributed by atoms with Gasteiger partial charge in [0, 0.05) is 44.0 Å². The van der Waals surface area contributed by atoms with E-state index in [2.05, 4.69) is 4.90 Å². The number of halogens is 3. The molecule has 0 bridgehead atoms. The maximum atomic E-state index is 12.5. The second-order valence-corrected chi connectivity index (χ2v) is 7.05. The van der Waals surface area contributed by atoms with Gasteiger partial charge < -0.3 is 9.80 Å². The van der Waals surface area contributed by atoms with Gasteiger partial charge in [0.15, 0.2) is 0 Å². The fourth-order valence-electron chi connectivity index (χ4n) is 3.89. The number of nitro benzene ring substituents is 1. The molecule has 0 atom stereocenters. The number of likely N-dealkylation sites (tertiary alicyclic amines) is 1. The molecule has 9 heteroatoms. The highest BCUT2D eigenvalue weighted by atomic mass is 19.4. The quantitative estimate of drug-likeness (QED) is 0.591. The smallest absolute Gasteiger partial charge is 0.371 e. The minimum Gasteiger partial charge on any atom is -0.371 e. The molecular weight excluding hydrogens is 351 g/mol. The van der Waals surface area contributed by atoms with Gasteiger partial charge in [0.1, 0.15) is 0 Å². The van der Waals surface area contributed by atoms with E-state index in [0.717, 1.165) is 36.5 Å². The number of hydrogen-bond donors (Lipinski definition) is 0. The third-order valence-corrected chi connectivity index (χ3v) is 5.60. The number of carbonyl (C=O) groups is 1. The van der Waals surface area contributed by atoms with Crippen molar-refractivity contribution in [1.82, 2.24) is 4.90 Å². The lowest BCUT2D eigenvalue weighted by Gasteiger charge is -2.47. The topological polar surface area (TPSA) is 66.7 Å². The van der Waals surface area contributed by atoms with Crippen molar-refractivity contribution in [2.24, 2.45) is 5.41 Å². The van der Waals surface area contributed by atoms with Crippen LogP contribution >= 0.6 is 0 Å². The second kappa shape index (κ2) is 6.77. The van der Waals surface area contributed by atoms with Crippen LogP contribution in [0.5, 0.6) is 0 Å². The highest BCUT2D eigenvalue weighted by molar-refractivity contribution is 5.81. The SMILES string of the molecule is O=C(N1CCC2(CC1)CCN(c1ccc([N+](=O)[O-])cc1)CC2)C(F)(F)F. The first-order valence-corrected chi connectivity index (χ1v) is 8.56. The number of benzene rings is 1. The van der Waals surface area contributed by atoms with Gasteiger partial charge in [0.25, 0.3) is 5.69 Å². The van der Waals surface area contributed by atoms with Crippen molar-refractivity contribution in [2.75, 3.05) is 31.1 Å². The Balaban J connectivity index is 1.56.